The minimum atomic E-state index is 0. The van der Waals surface area contributed by atoms with Gasteiger partial charge in [0.1, 0.15) is 5.76 Å². The largest absolute Gasteiger partial charge is 0.444 e. The van der Waals surface area contributed by atoms with E-state index in [1.165, 1.54) is 20.5 Å². The van der Waals surface area contributed by atoms with Crippen molar-refractivity contribution in [3.05, 3.63) is 52.1 Å². The molecule has 0 radical (unpaired) electrons. The number of thiophene rings is 1. The Morgan fingerprint density at radius 3 is 2.64 bits per heavy atom. The van der Waals surface area contributed by atoms with Crippen LogP contribution in [0, 0.1) is 13.8 Å². The Morgan fingerprint density at radius 2 is 1.95 bits per heavy atom. The van der Waals surface area contributed by atoms with Crippen LogP contribution in [0.2, 0.25) is 0 Å². The van der Waals surface area contributed by atoms with Gasteiger partial charge < -0.3 is 9.73 Å². The molecular formula is C17H21ClN2OS. The molecule has 3 rings (SSSR count). The van der Waals surface area contributed by atoms with Crippen molar-refractivity contribution < 1.29 is 4.42 Å². The van der Waals surface area contributed by atoms with Gasteiger partial charge in [-0.25, -0.2) is 4.98 Å². The lowest BCUT2D eigenvalue weighted by Gasteiger charge is -2.02. The molecule has 0 fully saturated rings. The molecule has 0 atom stereocenters. The summed E-state index contributed by atoms with van der Waals surface area (Å²) in [5.41, 5.74) is 2.37. The normalized spacial score (nSPS) is 10.9. The maximum Gasteiger partial charge on any atom is 0.194 e. The number of aryl methyl sites for hydroxylation is 3. The number of benzene rings is 1. The van der Waals surface area contributed by atoms with E-state index in [0.717, 1.165) is 36.9 Å². The van der Waals surface area contributed by atoms with E-state index < -0.39 is 0 Å². The standard InChI is InChI=1S/C17H20N2OS.ClH/c1-4-17-19-12(3)14(20-17)9-18-10-16-11(2)13-7-5-6-8-15(13)21-16;/h5-8,18H,4,9-10H2,1-3H3;1H. The molecule has 1 N–H and O–H groups in total. The molecule has 118 valence electrons. The van der Waals surface area contributed by atoms with Crippen LogP contribution in [0.15, 0.2) is 28.7 Å². The lowest BCUT2D eigenvalue weighted by Crippen LogP contribution is -2.12. The molecule has 2 aromatic heterocycles. The highest BCUT2D eigenvalue weighted by Crippen LogP contribution is 2.30. The number of oxazole rings is 1. The molecule has 1 aromatic carbocycles. The molecule has 0 aliphatic rings. The molecule has 0 saturated carbocycles. The topological polar surface area (TPSA) is 38.1 Å². The summed E-state index contributed by atoms with van der Waals surface area (Å²) < 4.78 is 7.08. The summed E-state index contributed by atoms with van der Waals surface area (Å²) in [6.45, 7) is 7.86. The van der Waals surface area contributed by atoms with Crippen LogP contribution < -0.4 is 5.32 Å². The summed E-state index contributed by atoms with van der Waals surface area (Å²) >= 11 is 1.86. The van der Waals surface area contributed by atoms with Gasteiger partial charge in [0.25, 0.3) is 0 Å². The zero-order chi connectivity index (χ0) is 14.8. The average Bonchev–Trinajstić information content (AvgIpc) is 3.01. The van der Waals surface area contributed by atoms with E-state index >= 15 is 0 Å². The Bertz CT molecular complexity index is 763. The van der Waals surface area contributed by atoms with Crippen molar-refractivity contribution in [2.45, 2.75) is 40.3 Å². The van der Waals surface area contributed by atoms with Crippen LogP contribution in [0.1, 0.15) is 34.7 Å². The molecule has 0 saturated heterocycles. The quantitative estimate of drug-likeness (QED) is 0.728. The average molecular weight is 337 g/mol. The maximum absolute atomic E-state index is 5.72. The van der Waals surface area contributed by atoms with Gasteiger partial charge in [-0.15, -0.1) is 23.7 Å². The van der Waals surface area contributed by atoms with E-state index in [9.17, 15) is 0 Å². The lowest BCUT2D eigenvalue weighted by molar-refractivity contribution is 0.442. The first kappa shape index (κ1) is 17.0. The zero-order valence-electron chi connectivity index (χ0n) is 13.1. The Kier molecular flexibility index (Phi) is 5.62. The number of hydrogen-bond donors (Lipinski definition) is 1. The predicted octanol–water partition coefficient (Wildman–Crippen LogP) is 4.78. The van der Waals surface area contributed by atoms with Gasteiger partial charge >= 0.3 is 0 Å². The number of nitrogens with one attached hydrogen (secondary N) is 1. The lowest BCUT2D eigenvalue weighted by atomic mass is 10.1. The SMILES string of the molecule is CCc1nc(C)c(CNCc2sc3ccccc3c2C)o1.Cl. The molecule has 0 spiro atoms. The van der Waals surface area contributed by atoms with Gasteiger partial charge in [0.05, 0.1) is 12.2 Å². The van der Waals surface area contributed by atoms with Crippen LogP contribution in [-0.2, 0) is 19.5 Å². The molecular weight excluding hydrogens is 316 g/mol. The van der Waals surface area contributed by atoms with Gasteiger partial charge in [0, 0.05) is 22.5 Å². The first-order valence-corrected chi connectivity index (χ1v) is 8.13. The predicted molar refractivity (Wildman–Crippen MR) is 95.0 cm³/mol. The number of aromatic nitrogens is 1. The van der Waals surface area contributed by atoms with Crippen LogP contribution >= 0.6 is 23.7 Å². The third-order valence-electron chi connectivity index (χ3n) is 3.75. The highest BCUT2D eigenvalue weighted by atomic mass is 35.5. The Balaban J connectivity index is 0.00000176. The van der Waals surface area contributed by atoms with Crippen LogP contribution in [0.4, 0.5) is 0 Å². The third kappa shape index (κ3) is 3.35. The second-order valence-electron chi connectivity index (χ2n) is 5.22. The third-order valence-corrected chi connectivity index (χ3v) is 5.03. The zero-order valence-corrected chi connectivity index (χ0v) is 14.7. The molecule has 22 heavy (non-hydrogen) atoms. The Morgan fingerprint density at radius 1 is 1.18 bits per heavy atom. The van der Waals surface area contributed by atoms with E-state index in [2.05, 4.69) is 48.4 Å². The van der Waals surface area contributed by atoms with Crippen molar-refractivity contribution in [1.82, 2.24) is 10.3 Å². The van der Waals surface area contributed by atoms with Gasteiger partial charge in [0.15, 0.2) is 5.89 Å². The summed E-state index contributed by atoms with van der Waals surface area (Å²) in [5.74, 6) is 1.77. The Hall–Kier alpha value is -1.36. The molecule has 0 aliphatic heterocycles. The van der Waals surface area contributed by atoms with Crippen molar-refractivity contribution in [2.24, 2.45) is 0 Å². The van der Waals surface area contributed by atoms with Gasteiger partial charge in [0.2, 0.25) is 0 Å². The minimum absolute atomic E-state index is 0. The fourth-order valence-corrected chi connectivity index (χ4v) is 3.67. The molecule has 0 aliphatic carbocycles. The van der Waals surface area contributed by atoms with E-state index in [0.29, 0.717) is 0 Å². The van der Waals surface area contributed by atoms with E-state index in [-0.39, 0.29) is 12.4 Å². The fraction of sp³-hybridized carbons (Fsp3) is 0.353. The number of nitrogens with zero attached hydrogens (tertiary/aromatic N) is 1. The summed E-state index contributed by atoms with van der Waals surface area (Å²) in [6, 6.07) is 8.58. The second kappa shape index (κ2) is 7.27. The monoisotopic (exact) mass is 336 g/mol. The number of fused-ring (bicyclic) bond motifs is 1. The van der Waals surface area contributed by atoms with Gasteiger partial charge in [-0.2, -0.15) is 0 Å². The van der Waals surface area contributed by atoms with Crippen LogP contribution in [0.3, 0.4) is 0 Å². The van der Waals surface area contributed by atoms with Crippen molar-refractivity contribution in [1.29, 1.82) is 0 Å². The van der Waals surface area contributed by atoms with E-state index in [4.69, 9.17) is 4.42 Å². The summed E-state index contributed by atoms with van der Waals surface area (Å²) in [4.78, 5) is 5.80. The first-order valence-electron chi connectivity index (χ1n) is 7.32. The van der Waals surface area contributed by atoms with Crippen LogP contribution in [-0.4, -0.2) is 4.98 Å². The molecule has 2 heterocycles. The highest BCUT2D eigenvalue weighted by molar-refractivity contribution is 7.19. The number of halogens is 1. The highest BCUT2D eigenvalue weighted by Gasteiger charge is 2.10. The second-order valence-corrected chi connectivity index (χ2v) is 6.36. The molecule has 3 nitrogen and oxygen atoms in total. The molecule has 0 amide bonds. The van der Waals surface area contributed by atoms with Crippen LogP contribution in [0.5, 0.6) is 0 Å². The van der Waals surface area contributed by atoms with Gasteiger partial charge in [-0.05, 0) is 30.9 Å². The summed E-state index contributed by atoms with van der Waals surface area (Å²) in [6.07, 6.45) is 0.844. The summed E-state index contributed by atoms with van der Waals surface area (Å²) in [5, 5.41) is 4.84. The Labute approximate surface area is 141 Å². The van der Waals surface area contributed by atoms with Crippen molar-refractivity contribution in [3.63, 3.8) is 0 Å². The smallest absolute Gasteiger partial charge is 0.194 e. The number of rotatable bonds is 5. The van der Waals surface area contributed by atoms with Gasteiger partial charge in [-0.1, -0.05) is 25.1 Å². The molecule has 0 unspecified atom stereocenters. The number of hydrogen-bond acceptors (Lipinski definition) is 4. The van der Waals surface area contributed by atoms with Gasteiger partial charge in [-0.3, -0.25) is 0 Å². The van der Waals surface area contributed by atoms with E-state index in [1.807, 2.05) is 18.3 Å². The molecule has 0 bridgehead atoms. The molecule has 5 heteroatoms. The van der Waals surface area contributed by atoms with Crippen molar-refractivity contribution in [2.75, 3.05) is 0 Å². The fourth-order valence-electron chi connectivity index (χ4n) is 2.49. The maximum atomic E-state index is 5.72. The van der Waals surface area contributed by atoms with Crippen molar-refractivity contribution in [3.8, 4) is 0 Å². The molecule has 3 aromatic rings. The van der Waals surface area contributed by atoms with Crippen LogP contribution in [0.25, 0.3) is 10.1 Å². The van der Waals surface area contributed by atoms with Crippen molar-refractivity contribution >= 4 is 33.8 Å². The van der Waals surface area contributed by atoms with E-state index in [1.54, 1.807) is 0 Å². The summed E-state index contributed by atoms with van der Waals surface area (Å²) in [7, 11) is 0. The minimum Gasteiger partial charge on any atom is -0.444 e. The first-order chi connectivity index (χ1) is 10.2.